The molecule has 0 saturated heterocycles. The van der Waals surface area contributed by atoms with Gasteiger partial charge in [0.1, 0.15) is 12.4 Å². The second kappa shape index (κ2) is 8.68. The zero-order chi connectivity index (χ0) is 22.8. The van der Waals surface area contributed by atoms with Crippen molar-refractivity contribution in [2.75, 3.05) is 0 Å². The lowest BCUT2D eigenvalue weighted by Gasteiger charge is -2.09. The van der Waals surface area contributed by atoms with Crippen LogP contribution in [0.2, 0.25) is 5.02 Å². The molecule has 9 heteroatoms. The van der Waals surface area contributed by atoms with Crippen LogP contribution in [0.15, 0.2) is 79.1 Å². The number of carbonyl (C=O) groups is 1. The smallest absolute Gasteiger partial charge is 0.489 e. The third kappa shape index (κ3) is 4.51. The minimum Gasteiger partial charge on any atom is -0.489 e. The summed E-state index contributed by atoms with van der Waals surface area (Å²) in [5.41, 5.74) is 4.43. The second-order valence-electron chi connectivity index (χ2n) is 7.19. The number of fused-ring (bicyclic) bond motifs is 1. The molecule has 33 heavy (non-hydrogen) atoms. The third-order valence-electron chi connectivity index (χ3n) is 4.97. The van der Waals surface area contributed by atoms with E-state index in [1.807, 2.05) is 66.7 Å². The summed E-state index contributed by atoms with van der Waals surface area (Å²) in [4.78, 5) is 18.4. The Bertz CT molecular complexity index is 1460. The normalized spacial score (nSPS) is 10.9. The van der Waals surface area contributed by atoms with E-state index in [2.05, 4.69) is 19.8 Å². The van der Waals surface area contributed by atoms with Crippen molar-refractivity contribution in [3.63, 3.8) is 0 Å². The summed E-state index contributed by atoms with van der Waals surface area (Å²) in [6, 6.07) is 21.3. The molecule has 5 rings (SSSR count). The van der Waals surface area contributed by atoms with E-state index in [1.54, 1.807) is 0 Å². The van der Waals surface area contributed by atoms with Crippen molar-refractivity contribution in [2.45, 2.75) is 6.61 Å². The fourth-order valence-corrected chi connectivity index (χ4v) is 3.59. The zero-order valence-corrected chi connectivity index (χ0v) is 17.9. The van der Waals surface area contributed by atoms with Crippen LogP contribution >= 0.6 is 11.6 Å². The second-order valence-corrected chi connectivity index (χ2v) is 7.60. The lowest BCUT2D eigenvalue weighted by molar-refractivity contribution is 0.144. The average molecular weight is 461 g/mol. The number of nitrogens with one attached hydrogen (secondary N) is 1. The lowest BCUT2D eigenvalue weighted by atomic mass is 10.0. The van der Waals surface area contributed by atoms with Crippen LogP contribution in [0.3, 0.4) is 0 Å². The number of aromatic nitrogens is 4. The molecule has 164 valence electrons. The van der Waals surface area contributed by atoms with Crippen LogP contribution in [0.25, 0.3) is 28.1 Å². The predicted molar refractivity (Wildman–Crippen MR) is 123 cm³/mol. The molecule has 0 saturated carbocycles. The van der Waals surface area contributed by atoms with Crippen molar-refractivity contribution < 1.29 is 19.4 Å². The van der Waals surface area contributed by atoms with E-state index in [9.17, 15) is 4.79 Å². The van der Waals surface area contributed by atoms with Crippen LogP contribution in [0.1, 0.15) is 5.56 Å². The molecule has 0 atom stereocenters. The Morgan fingerprint density at radius 3 is 2.73 bits per heavy atom. The first-order valence-electron chi connectivity index (χ1n) is 9.97. The van der Waals surface area contributed by atoms with Gasteiger partial charge in [-0.3, -0.25) is 0 Å². The molecule has 0 fully saturated rings. The maximum atomic E-state index is 10.7. The molecule has 0 bridgehead atoms. The number of aromatic amines is 1. The fourth-order valence-electron chi connectivity index (χ4n) is 3.40. The molecule has 0 aliphatic heterocycles. The molecule has 5 aromatic rings. The lowest BCUT2D eigenvalue weighted by Crippen LogP contribution is -2.02. The first kappa shape index (κ1) is 20.6. The van der Waals surface area contributed by atoms with Gasteiger partial charge in [0.15, 0.2) is 5.75 Å². The SMILES string of the molecule is O=C(O)Oc1cnn(-c2nc3cc(-c4cccc(OCc5ccccc5Cl)c4)ccc3[nH]2)c1. The van der Waals surface area contributed by atoms with Gasteiger partial charge in [0.2, 0.25) is 5.95 Å². The maximum Gasteiger partial charge on any atom is 0.511 e. The van der Waals surface area contributed by atoms with E-state index in [0.29, 0.717) is 17.6 Å². The highest BCUT2D eigenvalue weighted by Crippen LogP contribution is 2.28. The van der Waals surface area contributed by atoms with Crippen molar-refractivity contribution in [1.82, 2.24) is 19.7 Å². The van der Waals surface area contributed by atoms with Gasteiger partial charge in [0.25, 0.3) is 0 Å². The largest absolute Gasteiger partial charge is 0.511 e. The molecule has 2 heterocycles. The van der Waals surface area contributed by atoms with Crippen LogP contribution in [-0.4, -0.2) is 31.0 Å². The first-order valence-corrected chi connectivity index (χ1v) is 10.4. The average Bonchev–Trinajstić information content (AvgIpc) is 3.44. The molecule has 0 spiro atoms. The third-order valence-corrected chi connectivity index (χ3v) is 5.34. The van der Waals surface area contributed by atoms with E-state index in [1.165, 1.54) is 17.1 Å². The van der Waals surface area contributed by atoms with Gasteiger partial charge in [0, 0.05) is 10.6 Å². The minimum absolute atomic E-state index is 0.109. The van der Waals surface area contributed by atoms with Crippen LogP contribution in [0.5, 0.6) is 11.5 Å². The number of nitrogens with zero attached hydrogens (tertiary/aromatic N) is 3. The Morgan fingerprint density at radius 2 is 1.88 bits per heavy atom. The van der Waals surface area contributed by atoms with E-state index in [-0.39, 0.29) is 5.75 Å². The van der Waals surface area contributed by atoms with Gasteiger partial charge in [-0.25, -0.2) is 14.5 Å². The van der Waals surface area contributed by atoms with Gasteiger partial charge >= 0.3 is 6.16 Å². The highest BCUT2D eigenvalue weighted by atomic mass is 35.5. The number of benzene rings is 3. The van der Waals surface area contributed by atoms with Crippen molar-refractivity contribution in [1.29, 1.82) is 0 Å². The minimum atomic E-state index is -1.40. The summed E-state index contributed by atoms with van der Waals surface area (Å²) >= 11 is 6.21. The summed E-state index contributed by atoms with van der Waals surface area (Å²) < 4.78 is 12.0. The van der Waals surface area contributed by atoms with Gasteiger partial charge in [0.05, 0.1) is 23.4 Å². The van der Waals surface area contributed by atoms with Crippen LogP contribution in [0, 0.1) is 0 Å². The molecule has 0 amide bonds. The van der Waals surface area contributed by atoms with E-state index >= 15 is 0 Å². The number of hydrogen-bond acceptors (Lipinski definition) is 5. The number of hydrogen-bond donors (Lipinski definition) is 2. The van der Waals surface area contributed by atoms with E-state index < -0.39 is 6.16 Å². The van der Waals surface area contributed by atoms with E-state index in [0.717, 1.165) is 33.5 Å². The molecule has 0 aliphatic carbocycles. The number of ether oxygens (including phenoxy) is 2. The molecule has 2 N–H and O–H groups in total. The standard InChI is InChI=1S/C24H17ClN4O4/c25-20-7-2-1-4-17(20)14-32-18-6-3-5-15(10-18)16-8-9-21-22(11-16)28-23(27-21)29-13-19(12-26-29)33-24(30)31/h1-13H,14H2,(H,27,28)(H,30,31). The number of rotatable bonds is 6. The van der Waals surface area contributed by atoms with Crippen molar-refractivity contribution in [3.8, 4) is 28.6 Å². The maximum absolute atomic E-state index is 10.7. The summed E-state index contributed by atoms with van der Waals surface area (Å²) in [5.74, 6) is 1.29. The molecular formula is C24H17ClN4O4. The quantitative estimate of drug-likeness (QED) is 0.315. The van der Waals surface area contributed by atoms with Crippen molar-refractivity contribution in [3.05, 3.63) is 89.7 Å². The first-order chi connectivity index (χ1) is 16.0. The summed E-state index contributed by atoms with van der Waals surface area (Å²) in [6.45, 7) is 0.377. The van der Waals surface area contributed by atoms with Crippen molar-refractivity contribution >= 4 is 28.8 Å². The topological polar surface area (TPSA) is 102 Å². The number of imidazole rings is 1. The van der Waals surface area contributed by atoms with Gasteiger partial charge in [-0.15, -0.1) is 0 Å². The molecule has 0 radical (unpaired) electrons. The molecule has 8 nitrogen and oxygen atoms in total. The molecule has 0 aliphatic rings. The Hall–Kier alpha value is -4.30. The number of halogens is 1. The summed E-state index contributed by atoms with van der Waals surface area (Å²) in [6.07, 6.45) is 1.34. The van der Waals surface area contributed by atoms with Crippen LogP contribution in [0.4, 0.5) is 4.79 Å². The van der Waals surface area contributed by atoms with Gasteiger partial charge in [-0.2, -0.15) is 5.10 Å². The predicted octanol–water partition coefficient (Wildman–Crippen LogP) is 5.70. The Balaban J connectivity index is 1.38. The number of H-pyrrole nitrogens is 1. The monoisotopic (exact) mass is 460 g/mol. The van der Waals surface area contributed by atoms with Gasteiger partial charge in [-0.05, 0) is 41.5 Å². The van der Waals surface area contributed by atoms with Gasteiger partial charge < -0.3 is 19.6 Å². The molecule has 3 aromatic carbocycles. The number of carboxylic acid groups (broad SMARTS) is 1. The fraction of sp³-hybridized carbons (Fsp3) is 0.0417. The summed E-state index contributed by atoms with van der Waals surface area (Å²) in [5, 5.41) is 13.5. The highest BCUT2D eigenvalue weighted by Gasteiger charge is 2.11. The molecule has 0 unspecified atom stereocenters. The van der Waals surface area contributed by atoms with Crippen LogP contribution in [-0.2, 0) is 6.61 Å². The molecule has 2 aromatic heterocycles. The summed E-state index contributed by atoms with van der Waals surface area (Å²) in [7, 11) is 0. The Labute approximate surface area is 193 Å². The highest BCUT2D eigenvalue weighted by molar-refractivity contribution is 6.31. The Morgan fingerprint density at radius 1 is 1.03 bits per heavy atom. The van der Waals surface area contributed by atoms with Crippen molar-refractivity contribution in [2.24, 2.45) is 0 Å². The zero-order valence-electron chi connectivity index (χ0n) is 17.1. The van der Waals surface area contributed by atoms with Crippen LogP contribution < -0.4 is 9.47 Å². The molecular weight excluding hydrogens is 444 g/mol. The Kier molecular flexibility index (Phi) is 5.42. The van der Waals surface area contributed by atoms with E-state index in [4.69, 9.17) is 21.4 Å². The van der Waals surface area contributed by atoms with Gasteiger partial charge in [-0.1, -0.05) is 48.0 Å².